The number of hydrogen-bond acceptors (Lipinski definition) is 3. The van der Waals surface area contributed by atoms with Crippen LogP contribution >= 0.6 is 0 Å². The van der Waals surface area contributed by atoms with Crippen molar-refractivity contribution < 1.29 is 0 Å². The molecule has 1 saturated heterocycles. The van der Waals surface area contributed by atoms with Gasteiger partial charge >= 0.3 is 0 Å². The lowest BCUT2D eigenvalue weighted by atomic mass is 9.89. The normalized spacial score (nSPS) is 23.3. The molecule has 0 spiro atoms. The Kier molecular flexibility index (Phi) is 3.93. The molecule has 0 bridgehead atoms. The molecule has 4 heteroatoms. The first-order valence-corrected chi connectivity index (χ1v) is 7.54. The smallest absolute Gasteiger partial charge is 0.153 e. The van der Waals surface area contributed by atoms with Gasteiger partial charge in [0.25, 0.3) is 0 Å². The SMILES string of the molecule is C1CCC(c2n[nH]c(CC3CCNCC3)n2)CC1. The van der Waals surface area contributed by atoms with E-state index in [-0.39, 0.29) is 0 Å². The van der Waals surface area contributed by atoms with Crippen LogP contribution in [0.2, 0.25) is 0 Å². The Balaban J connectivity index is 1.58. The first-order valence-electron chi connectivity index (χ1n) is 7.54. The van der Waals surface area contributed by atoms with E-state index < -0.39 is 0 Å². The third kappa shape index (κ3) is 2.91. The van der Waals surface area contributed by atoms with Crippen LogP contribution in [-0.2, 0) is 6.42 Å². The van der Waals surface area contributed by atoms with Crippen LogP contribution in [0.5, 0.6) is 0 Å². The number of H-pyrrole nitrogens is 1. The van der Waals surface area contributed by atoms with Gasteiger partial charge in [-0.3, -0.25) is 5.10 Å². The van der Waals surface area contributed by atoms with Crippen molar-refractivity contribution in [1.29, 1.82) is 0 Å². The molecule has 2 aliphatic rings. The first kappa shape index (κ1) is 12.2. The van der Waals surface area contributed by atoms with Gasteiger partial charge in [0.1, 0.15) is 5.82 Å². The van der Waals surface area contributed by atoms with E-state index in [4.69, 9.17) is 4.98 Å². The second-order valence-electron chi connectivity index (χ2n) is 5.87. The van der Waals surface area contributed by atoms with Gasteiger partial charge < -0.3 is 5.32 Å². The summed E-state index contributed by atoms with van der Waals surface area (Å²) in [5.41, 5.74) is 0. The first-order chi connectivity index (χ1) is 8.92. The molecule has 2 heterocycles. The zero-order chi connectivity index (χ0) is 12.2. The van der Waals surface area contributed by atoms with Crippen LogP contribution in [0.15, 0.2) is 0 Å². The van der Waals surface area contributed by atoms with Crippen LogP contribution in [0.1, 0.15) is 62.5 Å². The van der Waals surface area contributed by atoms with E-state index in [1.165, 1.54) is 44.9 Å². The molecule has 1 aliphatic carbocycles. The molecular weight excluding hydrogens is 224 g/mol. The van der Waals surface area contributed by atoms with Gasteiger partial charge in [0.15, 0.2) is 5.82 Å². The summed E-state index contributed by atoms with van der Waals surface area (Å²) >= 11 is 0. The van der Waals surface area contributed by atoms with Gasteiger partial charge in [-0.2, -0.15) is 5.10 Å². The molecule has 0 aromatic carbocycles. The van der Waals surface area contributed by atoms with Gasteiger partial charge in [-0.05, 0) is 44.7 Å². The Bertz CT molecular complexity index is 362. The third-order valence-corrected chi connectivity index (χ3v) is 4.46. The maximum atomic E-state index is 4.74. The highest BCUT2D eigenvalue weighted by molar-refractivity contribution is 5.00. The van der Waals surface area contributed by atoms with Crippen molar-refractivity contribution in [2.45, 2.75) is 57.3 Å². The van der Waals surface area contributed by atoms with Crippen LogP contribution in [0, 0.1) is 5.92 Å². The number of aromatic nitrogens is 3. The lowest BCUT2D eigenvalue weighted by molar-refractivity contribution is 0.367. The van der Waals surface area contributed by atoms with E-state index in [9.17, 15) is 0 Å². The third-order valence-electron chi connectivity index (χ3n) is 4.46. The van der Waals surface area contributed by atoms with Gasteiger partial charge in [0.05, 0.1) is 0 Å². The molecule has 1 aliphatic heterocycles. The molecular formula is C14H24N4. The molecule has 0 radical (unpaired) electrons. The predicted octanol–water partition coefficient (Wildman–Crippen LogP) is 2.39. The topological polar surface area (TPSA) is 53.6 Å². The summed E-state index contributed by atoms with van der Waals surface area (Å²) in [6.45, 7) is 2.32. The Hall–Kier alpha value is -0.900. The van der Waals surface area contributed by atoms with Crippen molar-refractivity contribution in [2.24, 2.45) is 5.92 Å². The number of piperidine rings is 1. The van der Waals surface area contributed by atoms with Gasteiger partial charge in [-0.15, -0.1) is 0 Å². The monoisotopic (exact) mass is 248 g/mol. The van der Waals surface area contributed by atoms with Crippen LogP contribution in [-0.4, -0.2) is 28.3 Å². The lowest BCUT2D eigenvalue weighted by Crippen LogP contribution is -2.28. The van der Waals surface area contributed by atoms with Crippen molar-refractivity contribution in [3.05, 3.63) is 11.6 Å². The number of rotatable bonds is 3. The second kappa shape index (κ2) is 5.83. The molecule has 1 aromatic heterocycles. The van der Waals surface area contributed by atoms with Crippen LogP contribution < -0.4 is 5.32 Å². The van der Waals surface area contributed by atoms with Gasteiger partial charge in [-0.25, -0.2) is 4.98 Å². The summed E-state index contributed by atoms with van der Waals surface area (Å²) in [7, 11) is 0. The number of hydrogen-bond donors (Lipinski definition) is 2. The highest BCUT2D eigenvalue weighted by Gasteiger charge is 2.21. The average Bonchev–Trinajstić information content (AvgIpc) is 2.89. The molecule has 1 saturated carbocycles. The fraction of sp³-hybridized carbons (Fsp3) is 0.857. The highest BCUT2D eigenvalue weighted by Crippen LogP contribution is 2.30. The minimum atomic E-state index is 0.622. The van der Waals surface area contributed by atoms with Crippen molar-refractivity contribution in [2.75, 3.05) is 13.1 Å². The van der Waals surface area contributed by atoms with Gasteiger partial charge in [-0.1, -0.05) is 19.3 Å². The molecule has 2 N–H and O–H groups in total. The Morgan fingerprint density at radius 2 is 1.78 bits per heavy atom. The largest absolute Gasteiger partial charge is 0.317 e. The molecule has 4 nitrogen and oxygen atoms in total. The van der Waals surface area contributed by atoms with Crippen LogP contribution in [0.25, 0.3) is 0 Å². The Morgan fingerprint density at radius 3 is 2.56 bits per heavy atom. The summed E-state index contributed by atoms with van der Waals surface area (Å²) in [5.74, 6) is 3.61. The summed E-state index contributed by atoms with van der Waals surface area (Å²) in [6, 6.07) is 0. The van der Waals surface area contributed by atoms with Crippen molar-refractivity contribution >= 4 is 0 Å². The number of aromatic amines is 1. The molecule has 1 aromatic rings. The van der Waals surface area contributed by atoms with E-state index >= 15 is 0 Å². The quantitative estimate of drug-likeness (QED) is 0.863. The molecule has 0 unspecified atom stereocenters. The van der Waals surface area contributed by atoms with E-state index in [2.05, 4.69) is 15.5 Å². The lowest BCUT2D eigenvalue weighted by Gasteiger charge is -2.21. The summed E-state index contributed by atoms with van der Waals surface area (Å²) < 4.78 is 0. The van der Waals surface area contributed by atoms with E-state index in [1.54, 1.807) is 0 Å². The Labute approximate surface area is 109 Å². The average molecular weight is 248 g/mol. The minimum absolute atomic E-state index is 0.622. The fourth-order valence-corrected chi connectivity index (χ4v) is 3.30. The molecule has 0 amide bonds. The fourth-order valence-electron chi connectivity index (χ4n) is 3.30. The van der Waals surface area contributed by atoms with Crippen molar-refractivity contribution in [1.82, 2.24) is 20.5 Å². The van der Waals surface area contributed by atoms with E-state index in [0.717, 1.165) is 37.1 Å². The number of nitrogens with zero attached hydrogens (tertiary/aromatic N) is 2. The molecule has 3 rings (SSSR count). The van der Waals surface area contributed by atoms with Gasteiger partial charge in [0, 0.05) is 12.3 Å². The van der Waals surface area contributed by atoms with Crippen molar-refractivity contribution in [3.63, 3.8) is 0 Å². The second-order valence-corrected chi connectivity index (χ2v) is 5.87. The summed E-state index contributed by atoms with van der Waals surface area (Å²) in [5, 5.41) is 11.0. The van der Waals surface area contributed by atoms with Crippen LogP contribution in [0.3, 0.4) is 0 Å². The van der Waals surface area contributed by atoms with Crippen LogP contribution in [0.4, 0.5) is 0 Å². The number of nitrogens with one attached hydrogen (secondary N) is 2. The molecule has 18 heavy (non-hydrogen) atoms. The standard InChI is InChI=1S/C14H24N4/c1-2-4-12(5-3-1)14-16-13(17-18-14)10-11-6-8-15-9-7-11/h11-12,15H,1-10H2,(H,16,17,18). The predicted molar refractivity (Wildman–Crippen MR) is 71.5 cm³/mol. The highest BCUT2D eigenvalue weighted by atomic mass is 15.2. The van der Waals surface area contributed by atoms with Crippen molar-refractivity contribution in [3.8, 4) is 0 Å². The molecule has 0 atom stereocenters. The molecule has 100 valence electrons. The summed E-state index contributed by atoms with van der Waals surface area (Å²) in [6.07, 6.45) is 10.3. The molecule has 2 fully saturated rings. The summed E-state index contributed by atoms with van der Waals surface area (Å²) in [4.78, 5) is 4.74. The minimum Gasteiger partial charge on any atom is -0.317 e. The van der Waals surface area contributed by atoms with E-state index in [1.807, 2.05) is 0 Å². The maximum Gasteiger partial charge on any atom is 0.153 e. The zero-order valence-electron chi connectivity index (χ0n) is 11.1. The zero-order valence-corrected chi connectivity index (χ0v) is 11.1. The maximum absolute atomic E-state index is 4.74. The Morgan fingerprint density at radius 1 is 1.00 bits per heavy atom. The van der Waals surface area contributed by atoms with Gasteiger partial charge in [0.2, 0.25) is 0 Å². The van der Waals surface area contributed by atoms with E-state index in [0.29, 0.717) is 5.92 Å².